The van der Waals surface area contributed by atoms with Crippen LogP contribution < -0.4 is 10.9 Å². The fraction of sp³-hybridized carbons (Fsp3) is 0.235. The number of nitrogens with zero attached hydrogens (tertiary/aromatic N) is 1. The molecule has 0 bridgehead atoms. The van der Waals surface area contributed by atoms with Crippen LogP contribution in [0.25, 0.3) is 10.2 Å². The van der Waals surface area contributed by atoms with Gasteiger partial charge in [0.15, 0.2) is 4.77 Å². The number of hydrogen-bond donors (Lipinski definition) is 2. The van der Waals surface area contributed by atoms with E-state index in [0.717, 1.165) is 20.6 Å². The predicted octanol–water partition coefficient (Wildman–Crippen LogP) is 4.65. The minimum atomic E-state index is -0.728. The van der Waals surface area contributed by atoms with Crippen LogP contribution in [0, 0.1) is 4.77 Å². The molecular weight excluding hydrogens is 422 g/mol. The van der Waals surface area contributed by atoms with Crippen molar-refractivity contribution < 1.29 is 4.79 Å². The Balaban J connectivity index is 1.97. The molecule has 0 radical (unpaired) electrons. The van der Waals surface area contributed by atoms with Crippen LogP contribution in [0.1, 0.15) is 24.8 Å². The van der Waals surface area contributed by atoms with Crippen molar-refractivity contribution in [2.45, 2.75) is 26.3 Å². The van der Waals surface area contributed by atoms with E-state index in [1.54, 1.807) is 19.1 Å². The molecule has 8 heteroatoms. The molecule has 0 aliphatic heterocycles. The summed E-state index contributed by atoms with van der Waals surface area (Å²) in [7, 11) is 0. The van der Waals surface area contributed by atoms with Gasteiger partial charge in [-0.2, -0.15) is 0 Å². The van der Waals surface area contributed by atoms with Crippen molar-refractivity contribution in [3.05, 3.63) is 54.8 Å². The Labute approximate surface area is 161 Å². The van der Waals surface area contributed by atoms with Crippen molar-refractivity contribution in [3.8, 4) is 0 Å². The molecule has 0 saturated heterocycles. The van der Waals surface area contributed by atoms with Gasteiger partial charge in [-0.15, -0.1) is 11.3 Å². The number of anilines is 1. The Bertz CT molecular complexity index is 1050. The quantitative estimate of drug-likeness (QED) is 0.583. The normalized spacial score (nSPS) is 12.3. The van der Waals surface area contributed by atoms with E-state index in [2.05, 4.69) is 26.2 Å². The van der Waals surface area contributed by atoms with Crippen LogP contribution in [-0.2, 0) is 11.2 Å². The second-order valence-corrected chi connectivity index (χ2v) is 8.03. The van der Waals surface area contributed by atoms with Gasteiger partial charge >= 0.3 is 0 Å². The highest BCUT2D eigenvalue weighted by Crippen LogP contribution is 2.22. The third-order valence-corrected chi connectivity index (χ3v) is 5.92. The summed E-state index contributed by atoms with van der Waals surface area (Å²) in [5.74, 6) is -0.297. The molecule has 0 saturated carbocycles. The van der Waals surface area contributed by atoms with Crippen molar-refractivity contribution in [1.29, 1.82) is 0 Å². The lowest BCUT2D eigenvalue weighted by Gasteiger charge is -2.15. The monoisotopic (exact) mass is 437 g/mol. The maximum atomic E-state index is 12.8. The minimum Gasteiger partial charge on any atom is -0.324 e. The number of benzene rings is 1. The number of hydrogen-bond acceptors (Lipinski definition) is 4. The first-order chi connectivity index (χ1) is 11.9. The third kappa shape index (κ3) is 3.61. The summed E-state index contributed by atoms with van der Waals surface area (Å²) in [5, 5.41) is 3.38. The summed E-state index contributed by atoms with van der Waals surface area (Å²) in [6.07, 6.45) is 0.846. The van der Waals surface area contributed by atoms with E-state index >= 15 is 0 Å². The molecule has 1 amide bonds. The van der Waals surface area contributed by atoms with E-state index in [9.17, 15) is 9.59 Å². The number of nitrogens with one attached hydrogen (secondary N) is 2. The summed E-state index contributed by atoms with van der Waals surface area (Å²) in [6, 6.07) is 8.38. The van der Waals surface area contributed by atoms with Gasteiger partial charge in [0.25, 0.3) is 5.56 Å². The van der Waals surface area contributed by atoms with Crippen LogP contribution in [0.2, 0.25) is 0 Å². The van der Waals surface area contributed by atoms with Crippen LogP contribution in [-0.4, -0.2) is 15.5 Å². The Morgan fingerprint density at radius 1 is 1.40 bits per heavy atom. The Morgan fingerprint density at radius 3 is 2.72 bits per heavy atom. The van der Waals surface area contributed by atoms with Gasteiger partial charge in [-0.25, -0.2) is 0 Å². The third-order valence-electron chi connectivity index (χ3n) is 3.90. The molecule has 5 nitrogen and oxygen atoms in total. The second-order valence-electron chi connectivity index (χ2n) is 5.59. The average molecular weight is 438 g/mol. The summed E-state index contributed by atoms with van der Waals surface area (Å²) in [4.78, 5) is 30.3. The van der Waals surface area contributed by atoms with Gasteiger partial charge in [-0.1, -0.05) is 22.9 Å². The molecular formula is C17H16BrN3O2S2. The van der Waals surface area contributed by atoms with Crippen LogP contribution in [0.3, 0.4) is 0 Å². The summed E-state index contributed by atoms with van der Waals surface area (Å²) >= 11 is 10.2. The largest absolute Gasteiger partial charge is 0.324 e. The van der Waals surface area contributed by atoms with Gasteiger partial charge in [0.05, 0.1) is 5.39 Å². The average Bonchev–Trinajstić information content (AvgIpc) is 3.00. The summed E-state index contributed by atoms with van der Waals surface area (Å²) in [5.41, 5.74) is 0.418. The lowest BCUT2D eigenvalue weighted by molar-refractivity contribution is -0.118. The maximum absolute atomic E-state index is 12.8. The highest BCUT2D eigenvalue weighted by Gasteiger charge is 2.20. The second kappa shape index (κ2) is 7.23. The Hall–Kier alpha value is -1.77. The van der Waals surface area contributed by atoms with E-state index in [1.165, 1.54) is 15.9 Å². The Kier molecular flexibility index (Phi) is 5.21. The number of amides is 1. The molecule has 130 valence electrons. The first-order valence-electron chi connectivity index (χ1n) is 7.74. The highest BCUT2D eigenvalue weighted by atomic mass is 79.9. The first-order valence-corrected chi connectivity index (χ1v) is 9.76. The van der Waals surface area contributed by atoms with Gasteiger partial charge in [0, 0.05) is 15.0 Å². The molecule has 0 aliphatic rings. The molecule has 3 rings (SSSR count). The van der Waals surface area contributed by atoms with Crippen LogP contribution >= 0.6 is 39.5 Å². The first kappa shape index (κ1) is 18.0. The molecule has 0 spiro atoms. The van der Waals surface area contributed by atoms with Crippen LogP contribution in [0.15, 0.2) is 39.6 Å². The SMILES string of the molecule is CCc1cc2c(=O)n(C(C)C(=O)Nc3ccc(Br)cc3)c(=S)[nH]c2s1. The molecule has 25 heavy (non-hydrogen) atoms. The van der Waals surface area contributed by atoms with Crippen molar-refractivity contribution >= 4 is 61.3 Å². The molecule has 0 fully saturated rings. The molecule has 0 aliphatic carbocycles. The molecule has 1 aromatic carbocycles. The lowest BCUT2D eigenvalue weighted by Crippen LogP contribution is -2.32. The zero-order valence-electron chi connectivity index (χ0n) is 13.6. The zero-order valence-corrected chi connectivity index (χ0v) is 16.8. The number of aromatic nitrogens is 2. The number of H-pyrrole nitrogens is 1. The van der Waals surface area contributed by atoms with Gasteiger partial charge in [0.1, 0.15) is 10.9 Å². The van der Waals surface area contributed by atoms with Gasteiger partial charge in [0.2, 0.25) is 5.91 Å². The topological polar surface area (TPSA) is 66.9 Å². The number of rotatable bonds is 4. The van der Waals surface area contributed by atoms with E-state index in [0.29, 0.717) is 11.1 Å². The molecule has 2 N–H and O–H groups in total. The predicted molar refractivity (Wildman–Crippen MR) is 108 cm³/mol. The summed E-state index contributed by atoms with van der Waals surface area (Å²) in [6.45, 7) is 3.70. The number of aryl methyl sites for hydroxylation is 1. The van der Waals surface area contributed by atoms with Crippen molar-refractivity contribution in [2.24, 2.45) is 0 Å². The molecule has 2 aromatic heterocycles. The van der Waals surface area contributed by atoms with Crippen LogP contribution in [0.4, 0.5) is 5.69 Å². The number of aromatic amines is 1. The minimum absolute atomic E-state index is 0.242. The smallest absolute Gasteiger partial charge is 0.263 e. The fourth-order valence-electron chi connectivity index (χ4n) is 2.50. The van der Waals surface area contributed by atoms with Crippen LogP contribution in [0.5, 0.6) is 0 Å². The van der Waals surface area contributed by atoms with E-state index < -0.39 is 6.04 Å². The zero-order chi connectivity index (χ0) is 18.1. The number of halogens is 1. The lowest BCUT2D eigenvalue weighted by atomic mass is 10.2. The molecule has 3 aromatic rings. The van der Waals surface area contributed by atoms with Crippen molar-refractivity contribution in [2.75, 3.05) is 5.32 Å². The van der Waals surface area contributed by atoms with Gasteiger partial charge in [-0.05, 0) is 55.9 Å². The fourth-order valence-corrected chi connectivity index (χ4v) is 4.16. The standard InChI is InChI=1S/C17H16BrN3O2S2/c1-3-12-8-13-15(25-12)20-17(24)21(16(13)23)9(2)14(22)19-11-6-4-10(18)5-7-11/h4-9H,3H2,1-2H3,(H,19,22)(H,20,24). The maximum Gasteiger partial charge on any atom is 0.263 e. The van der Waals surface area contributed by atoms with E-state index in [1.807, 2.05) is 25.1 Å². The number of carbonyl (C=O) groups excluding carboxylic acids is 1. The molecule has 2 heterocycles. The van der Waals surface area contributed by atoms with Crippen molar-refractivity contribution in [3.63, 3.8) is 0 Å². The van der Waals surface area contributed by atoms with Gasteiger partial charge in [-0.3, -0.25) is 14.2 Å². The number of carbonyl (C=O) groups is 1. The number of fused-ring (bicyclic) bond motifs is 1. The van der Waals surface area contributed by atoms with Gasteiger partial charge < -0.3 is 10.3 Å². The Morgan fingerprint density at radius 2 is 2.08 bits per heavy atom. The van der Waals surface area contributed by atoms with Crippen molar-refractivity contribution in [1.82, 2.24) is 9.55 Å². The van der Waals surface area contributed by atoms with E-state index in [-0.39, 0.29) is 16.2 Å². The molecule has 1 unspecified atom stereocenters. The number of thiophene rings is 1. The highest BCUT2D eigenvalue weighted by molar-refractivity contribution is 9.10. The van der Waals surface area contributed by atoms with E-state index in [4.69, 9.17) is 12.2 Å². The molecule has 1 atom stereocenters. The summed E-state index contributed by atoms with van der Waals surface area (Å²) < 4.78 is 2.50.